The van der Waals surface area contributed by atoms with E-state index in [1.54, 1.807) is 0 Å². The van der Waals surface area contributed by atoms with Crippen molar-refractivity contribution in [2.24, 2.45) is 0 Å². The van der Waals surface area contributed by atoms with E-state index in [0.29, 0.717) is 6.42 Å². The van der Waals surface area contributed by atoms with Crippen LogP contribution in [0, 0.1) is 0 Å². The van der Waals surface area contributed by atoms with E-state index in [1.807, 2.05) is 6.08 Å². The lowest BCUT2D eigenvalue weighted by molar-refractivity contribution is 0.192. The molecule has 1 aliphatic rings. The van der Waals surface area contributed by atoms with Crippen LogP contribution in [0.2, 0.25) is 0 Å². The van der Waals surface area contributed by atoms with Crippen LogP contribution in [0.5, 0.6) is 0 Å². The molecule has 0 aliphatic heterocycles. The van der Waals surface area contributed by atoms with Gasteiger partial charge in [0.25, 0.3) is 0 Å². The number of aliphatic hydroxyl groups excluding tert-OH is 2. The summed E-state index contributed by atoms with van der Waals surface area (Å²) in [7, 11) is 0. The third-order valence-corrected chi connectivity index (χ3v) is 2.59. The molecule has 2 nitrogen and oxygen atoms in total. The van der Waals surface area contributed by atoms with Gasteiger partial charge >= 0.3 is 0 Å². The van der Waals surface area contributed by atoms with Crippen molar-refractivity contribution in [3.05, 3.63) is 22.8 Å². The molecule has 0 saturated carbocycles. The Hall–Kier alpha value is -0.600. The van der Waals surface area contributed by atoms with Gasteiger partial charge in [0.2, 0.25) is 0 Å². The van der Waals surface area contributed by atoms with Gasteiger partial charge in [-0.05, 0) is 38.7 Å². The Morgan fingerprint density at radius 2 is 2.23 bits per heavy atom. The van der Waals surface area contributed by atoms with Crippen molar-refractivity contribution in [2.45, 2.75) is 39.2 Å². The van der Waals surface area contributed by atoms with Gasteiger partial charge in [-0.1, -0.05) is 17.2 Å². The summed E-state index contributed by atoms with van der Waals surface area (Å²) in [6.07, 6.45) is 3.97. The highest BCUT2D eigenvalue weighted by Crippen LogP contribution is 2.27. The summed E-state index contributed by atoms with van der Waals surface area (Å²) in [6, 6.07) is 0. The molecule has 0 fully saturated rings. The van der Waals surface area contributed by atoms with Gasteiger partial charge in [0.15, 0.2) is 0 Å². The highest BCUT2D eigenvalue weighted by atomic mass is 16.3. The van der Waals surface area contributed by atoms with Gasteiger partial charge in [-0.2, -0.15) is 0 Å². The Labute approximate surface area is 79.6 Å². The van der Waals surface area contributed by atoms with Crippen LogP contribution in [0.4, 0.5) is 0 Å². The second kappa shape index (κ2) is 4.58. The fraction of sp³-hybridized carbons (Fsp3) is 0.636. The molecule has 0 aromatic heterocycles. The summed E-state index contributed by atoms with van der Waals surface area (Å²) in [4.78, 5) is 0. The monoisotopic (exact) mass is 182 g/mol. The standard InChI is InChI=1S/C11H18O2/c1-8(2)10-4-3-9(5-6-12)11(13)7-10/h3,11-13H,4-7H2,1-2H3/t11-/m1/s1. The van der Waals surface area contributed by atoms with Gasteiger partial charge in [-0.25, -0.2) is 0 Å². The number of aliphatic hydroxyl groups is 2. The summed E-state index contributed by atoms with van der Waals surface area (Å²) < 4.78 is 0. The van der Waals surface area contributed by atoms with Crippen LogP contribution in [0.3, 0.4) is 0 Å². The van der Waals surface area contributed by atoms with Crippen LogP contribution in [0.15, 0.2) is 22.8 Å². The molecule has 0 aromatic rings. The molecule has 1 atom stereocenters. The molecule has 2 heteroatoms. The van der Waals surface area contributed by atoms with Crippen molar-refractivity contribution < 1.29 is 10.2 Å². The van der Waals surface area contributed by atoms with E-state index < -0.39 is 0 Å². The van der Waals surface area contributed by atoms with Crippen LogP contribution in [0.25, 0.3) is 0 Å². The van der Waals surface area contributed by atoms with Gasteiger partial charge in [-0.15, -0.1) is 0 Å². The largest absolute Gasteiger partial charge is 0.396 e. The van der Waals surface area contributed by atoms with Gasteiger partial charge in [0.1, 0.15) is 0 Å². The topological polar surface area (TPSA) is 40.5 Å². The number of rotatable bonds is 2. The Bertz CT molecular complexity index is 234. The molecular weight excluding hydrogens is 164 g/mol. The van der Waals surface area contributed by atoms with E-state index >= 15 is 0 Å². The normalized spacial score (nSPS) is 22.9. The summed E-state index contributed by atoms with van der Waals surface area (Å²) in [5.41, 5.74) is 3.63. The van der Waals surface area contributed by atoms with Crippen LogP contribution < -0.4 is 0 Å². The van der Waals surface area contributed by atoms with Crippen molar-refractivity contribution in [3.8, 4) is 0 Å². The molecule has 0 bridgehead atoms. The predicted molar refractivity (Wildman–Crippen MR) is 53.4 cm³/mol. The SMILES string of the molecule is CC(C)=C1CC=C(CCO)[C@H](O)C1. The fourth-order valence-electron chi connectivity index (χ4n) is 1.64. The van der Waals surface area contributed by atoms with Crippen molar-refractivity contribution in [1.82, 2.24) is 0 Å². The van der Waals surface area contributed by atoms with Crippen LogP contribution in [-0.2, 0) is 0 Å². The lowest BCUT2D eigenvalue weighted by Gasteiger charge is -2.22. The molecule has 1 rings (SSSR count). The van der Waals surface area contributed by atoms with E-state index in [1.165, 1.54) is 11.1 Å². The second-order valence-electron chi connectivity index (χ2n) is 3.78. The minimum absolute atomic E-state index is 0.132. The minimum atomic E-state index is -0.370. The average Bonchev–Trinajstić information content (AvgIpc) is 2.08. The minimum Gasteiger partial charge on any atom is -0.396 e. The van der Waals surface area contributed by atoms with Gasteiger partial charge in [0.05, 0.1) is 6.10 Å². The summed E-state index contributed by atoms with van der Waals surface area (Å²) in [5, 5.41) is 18.5. The van der Waals surface area contributed by atoms with Crippen molar-refractivity contribution >= 4 is 0 Å². The molecule has 1 aliphatic carbocycles. The summed E-state index contributed by atoms with van der Waals surface area (Å²) >= 11 is 0. The zero-order chi connectivity index (χ0) is 9.84. The molecule has 0 radical (unpaired) electrons. The first kappa shape index (κ1) is 10.5. The Balaban J connectivity index is 2.69. The first-order valence-corrected chi connectivity index (χ1v) is 4.78. The maximum atomic E-state index is 9.71. The average molecular weight is 182 g/mol. The van der Waals surface area contributed by atoms with Crippen molar-refractivity contribution in [3.63, 3.8) is 0 Å². The lowest BCUT2D eigenvalue weighted by Crippen LogP contribution is -2.17. The smallest absolute Gasteiger partial charge is 0.0788 e. The Morgan fingerprint density at radius 3 is 2.69 bits per heavy atom. The lowest BCUT2D eigenvalue weighted by atomic mass is 9.88. The Kier molecular flexibility index (Phi) is 3.70. The van der Waals surface area contributed by atoms with Crippen LogP contribution in [-0.4, -0.2) is 22.9 Å². The van der Waals surface area contributed by atoms with Gasteiger partial charge in [0, 0.05) is 6.61 Å². The zero-order valence-corrected chi connectivity index (χ0v) is 8.38. The number of hydrogen-bond donors (Lipinski definition) is 2. The number of allylic oxidation sites excluding steroid dienone is 2. The molecule has 13 heavy (non-hydrogen) atoms. The van der Waals surface area contributed by atoms with Gasteiger partial charge in [-0.3, -0.25) is 0 Å². The van der Waals surface area contributed by atoms with E-state index in [0.717, 1.165) is 18.4 Å². The van der Waals surface area contributed by atoms with E-state index in [2.05, 4.69) is 13.8 Å². The maximum Gasteiger partial charge on any atom is 0.0788 e. The highest BCUT2D eigenvalue weighted by Gasteiger charge is 2.17. The van der Waals surface area contributed by atoms with E-state index in [-0.39, 0.29) is 12.7 Å². The second-order valence-corrected chi connectivity index (χ2v) is 3.78. The molecule has 0 saturated heterocycles. The third kappa shape index (κ3) is 2.68. The van der Waals surface area contributed by atoms with E-state index in [9.17, 15) is 5.11 Å². The molecule has 74 valence electrons. The zero-order valence-electron chi connectivity index (χ0n) is 8.38. The molecule has 0 unspecified atom stereocenters. The molecule has 2 N–H and O–H groups in total. The first-order valence-electron chi connectivity index (χ1n) is 4.78. The fourth-order valence-corrected chi connectivity index (χ4v) is 1.64. The molecule has 0 amide bonds. The third-order valence-electron chi connectivity index (χ3n) is 2.59. The molecule has 0 heterocycles. The summed E-state index contributed by atoms with van der Waals surface area (Å²) in [6.45, 7) is 4.28. The number of hydrogen-bond acceptors (Lipinski definition) is 2. The van der Waals surface area contributed by atoms with Gasteiger partial charge < -0.3 is 10.2 Å². The quantitative estimate of drug-likeness (QED) is 0.639. The predicted octanol–water partition coefficient (Wildman–Crippen LogP) is 1.79. The maximum absolute atomic E-state index is 9.71. The van der Waals surface area contributed by atoms with Crippen molar-refractivity contribution in [1.29, 1.82) is 0 Å². The van der Waals surface area contributed by atoms with Crippen LogP contribution in [0.1, 0.15) is 33.1 Å². The molecular formula is C11H18O2. The highest BCUT2D eigenvalue weighted by molar-refractivity contribution is 5.25. The van der Waals surface area contributed by atoms with Crippen molar-refractivity contribution in [2.75, 3.05) is 6.61 Å². The van der Waals surface area contributed by atoms with E-state index in [4.69, 9.17) is 5.11 Å². The Morgan fingerprint density at radius 1 is 1.54 bits per heavy atom. The molecule has 0 spiro atoms. The molecule has 0 aromatic carbocycles. The van der Waals surface area contributed by atoms with Crippen LogP contribution >= 0.6 is 0 Å². The first-order chi connectivity index (χ1) is 6.15. The summed E-state index contributed by atoms with van der Waals surface area (Å²) in [5.74, 6) is 0.